The maximum atomic E-state index is 6.08. The van der Waals surface area contributed by atoms with Crippen molar-refractivity contribution in [3.05, 3.63) is 28.8 Å². The molecule has 0 unspecified atom stereocenters. The molecule has 1 aromatic carbocycles. The van der Waals surface area contributed by atoms with E-state index >= 15 is 0 Å². The van der Waals surface area contributed by atoms with Crippen molar-refractivity contribution in [2.45, 2.75) is 12.8 Å². The van der Waals surface area contributed by atoms with E-state index in [0.717, 1.165) is 42.9 Å². The fourth-order valence-electron chi connectivity index (χ4n) is 2.41. The van der Waals surface area contributed by atoms with Gasteiger partial charge < -0.3 is 15.8 Å². The number of rotatable bonds is 4. The average Bonchev–Trinajstić information content (AvgIpc) is 2.44. The average molecular weight is 282 g/mol. The molecule has 2 rings (SSSR count). The van der Waals surface area contributed by atoms with Crippen LogP contribution in [-0.4, -0.2) is 32.6 Å². The molecule has 0 amide bonds. The van der Waals surface area contributed by atoms with E-state index < -0.39 is 0 Å². The molecular formula is C14H20ClN3O. The maximum Gasteiger partial charge on any atom is 0.137 e. The quantitative estimate of drug-likeness (QED) is 0.658. The summed E-state index contributed by atoms with van der Waals surface area (Å²) >= 11 is 6.08. The van der Waals surface area contributed by atoms with Crippen LogP contribution < -0.4 is 11.1 Å². The van der Waals surface area contributed by atoms with Crippen LogP contribution in [0, 0.1) is 5.92 Å². The van der Waals surface area contributed by atoms with Crippen LogP contribution in [-0.2, 0) is 4.74 Å². The number of anilines is 1. The molecule has 0 spiro atoms. The van der Waals surface area contributed by atoms with E-state index in [1.165, 1.54) is 0 Å². The Labute approximate surface area is 119 Å². The first-order valence-corrected chi connectivity index (χ1v) is 6.89. The number of nitrogens with one attached hydrogen (secondary N) is 1. The number of nitrogen functional groups attached to an aromatic ring is 1. The number of piperidine rings is 1. The minimum atomic E-state index is 0.352. The number of halogens is 1. The predicted molar refractivity (Wildman–Crippen MR) is 79.9 cm³/mol. The summed E-state index contributed by atoms with van der Waals surface area (Å²) < 4.78 is 5.08. The molecule has 0 aromatic heterocycles. The molecule has 1 aliphatic heterocycles. The Balaban J connectivity index is 2.33. The van der Waals surface area contributed by atoms with Gasteiger partial charge in [-0.1, -0.05) is 11.6 Å². The van der Waals surface area contributed by atoms with E-state index in [4.69, 9.17) is 22.1 Å². The van der Waals surface area contributed by atoms with Crippen molar-refractivity contribution < 1.29 is 4.74 Å². The summed E-state index contributed by atoms with van der Waals surface area (Å²) in [5, 5.41) is 4.04. The van der Waals surface area contributed by atoms with Gasteiger partial charge in [-0.25, -0.2) is 0 Å². The zero-order valence-corrected chi connectivity index (χ0v) is 11.9. The second-order valence-corrected chi connectivity index (χ2v) is 5.15. The Bertz CT molecular complexity index is 456. The number of nitrogens with zero attached hydrogens (tertiary/aromatic N) is 1. The van der Waals surface area contributed by atoms with E-state index in [0.29, 0.717) is 17.7 Å². The summed E-state index contributed by atoms with van der Waals surface area (Å²) in [5.74, 6) is 0.414. The van der Waals surface area contributed by atoms with Gasteiger partial charge >= 0.3 is 0 Å². The molecule has 0 radical (unpaired) electrons. The number of aliphatic imine (C=N–C) groups is 1. The first kappa shape index (κ1) is 14.3. The van der Waals surface area contributed by atoms with Gasteiger partial charge in [-0.15, -0.1) is 0 Å². The van der Waals surface area contributed by atoms with E-state index in [9.17, 15) is 0 Å². The normalized spacial score (nSPS) is 17.7. The summed E-state index contributed by atoms with van der Waals surface area (Å²) in [5.41, 5.74) is 8.75. The second kappa shape index (κ2) is 6.89. The molecule has 0 bridgehead atoms. The van der Waals surface area contributed by atoms with E-state index in [-0.39, 0.29) is 0 Å². The van der Waals surface area contributed by atoms with Crippen molar-refractivity contribution in [1.29, 1.82) is 0 Å². The SMILES string of the molecule is COC/N=C(/c1cc(Cl)ccc1N)C1CCNCC1. The Kier molecular flexibility index (Phi) is 5.19. The van der Waals surface area contributed by atoms with Gasteiger partial charge in [-0.3, -0.25) is 4.99 Å². The zero-order chi connectivity index (χ0) is 13.7. The number of hydrogen-bond donors (Lipinski definition) is 2. The van der Waals surface area contributed by atoms with Crippen LogP contribution in [0.25, 0.3) is 0 Å². The lowest BCUT2D eigenvalue weighted by atomic mass is 9.88. The van der Waals surface area contributed by atoms with Gasteiger partial charge in [0.05, 0.1) is 5.71 Å². The van der Waals surface area contributed by atoms with Crippen LogP contribution in [0.5, 0.6) is 0 Å². The van der Waals surface area contributed by atoms with Gasteiger partial charge in [-0.2, -0.15) is 0 Å². The Morgan fingerprint density at radius 2 is 2.21 bits per heavy atom. The molecule has 5 heteroatoms. The largest absolute Gasteiger partial charge is 0.398 e. The lowest BCUT2D eigenvalue weighted by Crippen LogP contribution is -2.32. The molecule has 1 saturated heterocycles. The molecule has 1 aromatic rings. The molecule has 1 aliphatic rings. The number of nitrogens with two attached hydrogens (primary N) is 1. The number of ether oxygens (including phenoxy) is 1. The standard InChI is InChI=1S/C14H20ClN3O/c1-19-9-18-14(10-4-6-17-7-5-10)12-8-11(15)2-3-13(12)16/h2-3,8,10,17H,4-7,9,16H2,1H3/b18-14+. The predicted octanol–water partition coefficient (Wildman–Crippen LogP) is 2.31. The first-order chi connectivity index (χ1) is 9.22. The van der Waals surface area contributed by atoms with Crippen LogP contribution >= 0.6 is 11.6 Å². The molecule has 0 atom stereocenters. The number of hydrogen-bond acceptors (Lipinski definition) is 4. The molecular weight excluding hydrogens is 262 g/mol. The fourth-order valence-corrected chi connectivity index (χ4v) is 2.59. The highest BCUT2D eigenvalue weighted by Gasteiger charge is 2.22. The fraction of sp³-hybridized carbons (Fsp3) is 0.500. The van der Waals surface area contributed by atoms with Crippen molar-refractivity contribution >= 4 is 23.0 Å². The van der Waals surface area contributed by atoms with Crippen LogP contribution in [0.15, 0.2) is 23.2 Å². The second-order valence-electron chi connectivity index (χ2n) is 4.72. The maximum absolute atomic E-state index is 6.08. The number of methoxy groups -OCH3 is 1. The van der Waals surface area contributed by atoms with Crippen molar-refractivity contribution in [2.75, 3.05) is 32.7 Å². The van der Waals surface area contributed by atoms with Gasteiger partial charge in [0.25, 0.3) is 0 Å². The molecule has 1 fully saturated rings. The van der Waals surface area contributed by atoms with Crippen LogP contribution in [0.1, 0.15) is 18.4 Å². The highest BCUT2D eigenvalue weighted by molar-refractivity contribution is 6.31. The third-order valence-electron chi connectivity index (χ3n) is 3.38. The van der Waals surface area contributed by atoms with Gasteiger partial charge in [0.1, 0.15) is 6.73 Å². The molecule has 4 nitrogen and oxygen atoms in total. The van der Waals surface area contributed by atoms with Crippen LogP contribution in [0.4, 0.5) is 5.69 Å². The molecule has 3 N–H and O–H groups in total. The molecule has 19 heavy (non-hydrogen) atoms. The van der Waals surface area contributed by atoms with Gasteiger partial charge in [-0.05, 0) is 44.1 Å². The first-order valence-electron chi connectivity index (χ1n) is 6.51. The zero-order valence-electron chi connectivity index (χ0n) is 11.2. The van der Waals surface area contributed by atoms with E-state index in [1.807, 2.05) is 12.1 Å². The van der Waals surface area contributed by atoms with Crippen molar-refractivity contribution in [3.8, 4) is 0 Å². The summed E-state index contributed by atoms with van der Waals surface area (Å²) in [6.45, 7) is 2.37. The molecule has 0 aliphatic carbocycles. The van der Waals surface area contributed by atoms with Gasteiger partial charge in [0.15, 0.2) is 0 Å². The molecule has 104 valence electrons. The third kappa shape index (κ3) is 3.69. The van der Waals surface area contributed by atoms with Crippen molar-refractivity contribution in [1.82, 2.24) is 5.32 Å². The van der Waals surface area contributed by atoms with Gasteiger partial charge in [0.2, 0.25) is 0 Å². The number of benzene rings is 1. The highest BCUT2D eigenvalue weighted by Crippen LogP contribution is 2.25. The van der Waals surface area contributed by atoms with E-state index in [2.05, 4.69) is 10.3 Å². The van der Waals surface area contributed by atoms with Gasteiger partial charge in [0, 0.05) is 29.3 Å². The molecule has 0 saturated carbocycles. The Morgan fingerprint density at radius 3 is 2.89 bits per heavy atom. The van der Waals surface area contributed by atoms with Crippen molar-refractivity contribution in [2.24, 2.45) is 10.9 Å². The summed E-state index contributed by atoms with van der Waals surface area (Å²) in [7, 11) is 1.64. The summed E-state index contributed by atoms with van der Waals surface area (Å²) in [6.07, 6.45) is 2.13. The Hall–Kier alpha value is -1.10. The highest BCUT2D eigenvalue weighted by atomic mass is 35.5. The smallest absolute Gasteiger partial charge is 0.137 e. The summed E-state index contributed by atoms with van der Waals surface area (Å²) in [4.78, 5) is 4.57. The van der Waals surface area contributed by atoms with Crippen LogP contribution in [0.2, 0.25) is 5.02 Å². The van der Waals surface area contributed by atoms with E-state index in [1.54, 1.807) is 13.2 Å². The summed E-state index contributed by atoms with van der Waals surface area (Å²) in [6, 6.07) is 5.53. The monoisotopic (exact) mass is 281 g/mol. The molecule has 1 heterocycles. The minimum absolute atomic E-state index is 0.352. The minimum Gasteiger partial charge on any atom is -0.398 e. The van der Waals surface area contributed by atoms with Crippen molar-refractivity contribution in [3.63, 3.8) is 0 Å². The van der Waals surface area contributed by atoms with Crippen LogP contribution in [0.3, 0.4) is 0 Å². The Morgan fingerprint density at radius 1 is 1.47 bits per heavy atom. The lowest BCUT2D eigenvalue weighted by Gasteiger charge is -2.25. The topological polar surface area (TPSA) is 59.6 Å². The third-order valence-corrected chi connectivity index (χ3v) is 3.62. The lowest BCUT2D eigenvalue weighted by molar-refractivity contribution is 0.208.